The Kier molecular flexibility index (Phi) is 5.32. The number of dihydropyridines is 1. The van der Waals surface area contributed by atoms with Gasteiger partial charge in [-0.3, -0.25) is 4.99 Å². The van der Waals surface area contributed by atoms with Crippen LogP contribution in [0.15, 0.2) is 57.6 Å². The molecular formula is C22H24N4O2. The van der Waals surface area contributed by atoms with Crippen molar-refractivity contribution < 1.29 is 9.26 Å². The van der Waals surface area contributed by atoms with Crippen LogP contribution in [-0.4, -0.2) is 36.2 Å². The van der Waals surface area contributed by atoms with Crippen molar-refractivity contribution in [1.29, 1.82) is 0 Å². The second-order valence-electron chi connectivity index (χ2n) is 7.10. The SMILES string of the molecule is COCC1=CC(c2nc(C3=CCC(N)N=C3)no2)CC=C1c1ccccc1C. The van der Waals surface area contributed by atoms with Gasteiger partial charge in [0.15, 0.2) is 0 Å². The molecule has 2 heterocycles. The molecule has 2 aliphatic rings. The van der Waals surface area contributed by atoms with E-state index in [-0.39, 0.29) is 12.1 Å². The van der Waals surface area contributed by atoms with Crippen molar-refractivity contribution in [3.63, 3.8) is 0 Å². The Bertz CT molecular complexity index is 984. The van der Waals surface area contributed by atoms with Gasteiger partial charge in [0.1, 0.15) is 6.17 Å². The molecule has 1 aromatic heterocycles. The van der Waals surface area contributed by atoms with E-state index in [4.69, 9.17) is 15.0 Å². The Morgan fingerprint density at radius 2 is 2.07 bits per heavy atom. The van der Waals surface area contributed by atoms with Gasteiger partial charge in [-0.1, -0.05) is 47.7 Å². The largest absolute Gasteiger partial charge is 0.380 e. The number of rotatable bonds is 5. The maximum absolute atomic E-state index is 5.78. The molecule has 6 heteroatoms. The summed E-state index contributed by atoms with van der Waals surface area (Å²) in [6.45, 7) is 2.66. The van der Waals surface area contributed by atoms with Gasteiger partial charge in [0.25, 0.3) is 0 Å². The van der Waals surface area contributed by atoms with Gasteiger partial charge in [-0.05, 0) is 35.6 Å². The summed E-state index contributed by atoms with van der Waals surface area (Å²) < 4.78 is 11.0. The summed E-state index contributed by atoms with van der Waals surface area (Å²) in [6, 6.07) is 8.40. The zero-order chi connectivity index (χ0) is 19.5. The Morgan fingerprint density at radius 1 is 1.21 bits per heavy atom. The molecule has 1 aliphatic heterocycles. The van der Waals surface area contributed by atoms with Crippen molar-refractivity contribution in [3.8, 4) is 0 Å². The Balaban J connectivity index is 1.59. The molecule has 4 rings (SSSR count). The van der Waals surface area contributed by atoms with Crippen molar-refractivity contribution >= 4 is 17.4 Å². The number of aromatic nitrogens is 2. The molecule has 0 radical (unpaired) electrons. The highest BCUT2D eigenvalue weighted by molar-refractivity contribution is 6.08. The zero-order valence-corrected chi connectivity index (χ0v) is 16.1. The molecule has 2 aromatic rings. The van der Waals surface area contributed by atoms with Crippen LogP contribution in [-0.2, 0) is 4.74 Å². The predicted octanol–water partition coefficient (Wildman–Crippen LogP) is 3.66. The van der Waals surface area contributed by atoms with E-state index in [1.165, 1.54) is 16.7 Å². The average Bonchev–Trinajstić information content (AvgIpc) is 3.20. The Hall–Kier alpha value is -2.83. The number of hydrogen-bond donors (Lipinski definition) is 1. The standard InChI is InChI=1S/C22H24N4O2/c1-14-5-3-4-6-18(14)19-9-7-15(11-17(19)13-27-2)22-25-21(26-28-22)16-8-10-20(23)24-12-16/h3-6,8-9,11-12,15,20H,7,10,13,23H2,1-2H3. The van der Waals surface area contributed by atoms with Gasteiger partial charge in [-0.2, -0.15) is 4.98 Å². The third-order valence-corrected chi connectivity index (χ3v) is 5.06. The zero-order valence-electron chi connectivity index (χ0n) is 16.1. The number of methoxy groups -OCH3 is 1. The normalized spacial score (nSPS) is 21.9. The van der Waals surface area contributed by atoms with Crippen LogP contribution in [0.5, 0.6) is 0 Å². The van der Waals surface area contributed by atoms with E-state index >= 15 is 0 Å². The number of ether oxygens (including phenoxy) is 1. The van der Waals surface area contributed by atoms with Crippen LogP contribution in [0.2, 0.25) is 0 Å². The van der Waals surface area contributed by atoms with Crippen molar-refractivity contribution in [2.24, 2.45) is 10.7 Å². The first-order valence-corrected chi connectivity index (χ1v) is 9.44. The highest BCUT2D eigenvalue weighted by Crippen LogP contribution is 2.36. The fraction of sp³-hybridized carbons (Fsp3) is 0.318. The number of nitrogens with two attached hydrogens (primary N) is 1. The van der Waals surface area contributed by atoms with Gasteiger partial charge < -0.3 is 15.0 Å². The van der Waals surface area contributed by atoms with Crippen LogP contribution in [0.1, 0.15) is 41.6 Å². The summed E-state index contributed by atoms with van der Waals surface area (Å²) in [6.07, 6.45) is 9.43. The lowest BCUT2D eigenvalue weighted by atomic mass is 9.85. The van der Waals surface area contributed by atoms with Crippen molar-refractivity contribution in [2.45, 2.75) is 31.8 Å². The number of allylic oxidation sites excluding steroid dienone is 3. The smallest absolute Gasteiger partial charge is 0.234 e. The van der Waals surface area contributed by atoms with Crippen molar-refractivity contribution in [1.82, 2.24) is 10.1 Å². The molecule has 1 aliphatic carbocycles. The van der Waals surface area contributed by atoms with E-state index in [0.29, 0.717) is 24.7 Å². The number of aliphatic imine (C=N–C) groups is 1. The molecule has 2 unspecified atom stereocenters. The molecule has 2 N–H and O–H groups in total. The first-order valence-electron chi connectivity index (χ1n) is 9.44. The second-order valence-corrected chi connectivity index (χ2v) is 7.10. The number of hydrogen-bond acceptors (Lipinski definition) is 6. The summed E-state index contributed by atoms with van der Waals surface area (Å²) >= 11 is 0. The van der Waals surface area contributed by atoms with Crippen molar-refractivity contribution in [2.75, 3.05) is 13.7 Å². The monoisotopic (exact) mass is 376 g/mol. The number of nitrogens with zero attached hydrogens (tertiary/aromatic N) is 3. The van der Waals surface area contributed by atoms with E-state index in [1.54, 1.807) is 13.3 Å². The lowest BCUT2D eigenvalue weighted by Gasteiger charge is -2.21. The van der Waals surface area contributed by atoms with Gasteiger partial charge in [0.2, 0.25) is 11.7 Å². The first kappa shape index (κ1) is 18.5. The summed E-state index contributed by atoms with van der Waals surface area (Å²) in [5.41, 5.74) is 11.5. The van der Waals surface area contributed by atoms with Crippen LogP contribution < -0.4 is 5.73 Å². The molecular weight excluding hydrogens is 352 g/mol. The van der Waals surface area contributed by atoms with E-state index in [1.807, 2.05) is 6.08 Å². The third kappa shape index (κ3) is 3.74. The number of benzene rings is 1. The van der Waals surface area contributed by atoms with E-state index < -0.39 is 0 Å². The van der Waals surface area contributed by atoms with E-state index in [9.17, 15) is 0 Å². The van der Waals surface area contributed by atoms with Crippen LogP contribution in [0, 0.1) is 6.92 Å². The molecule has 0 fully saturated rings. The van der Waals surface area contributed by atoms with Gasteiger partial charge in [-0.15, -0.1) is 0 Å². The highest BCUT2D eigenvalue weighted by atomic mass is 16.5. The average molecular weight is 376 g/mol. The van der Waals surface area contributed by atoms with Crippen LogP contribution in [0.3, 0.4) is 0 Å². The van der Waals surface area contributed by atoms with Gasteiger partial charge >= 0.3 is 0 Å². The van der Waals surface area contributed by atoms with Crippen LogP contribution in [0.4, 0.5) is 0 Å². The second kappa shape index (κ2) is 8.04. The summed E-state index contributed by atoms with van der Waals surface area (Å²) in [5.74, 6) is 1.19. The molecule has 28 heavy (non-hydrogen) atoms. The van der Waals surface area contributed by atoms with Gasteiger partial charge in [0, 0.05) is 25.3 Å². The molecule has 0 bridgehead atoms. The minimum atomic E-state index is -0.182. The molecule has 0 spiro atoms. The fourth-order valence-corrected chi connectivity index (χ4v) is 3.58. The van der Waals surface area contributed by atoms with E-state index in [2.05, 4.69) is 58.5 Å². The molecule has 0 amide bonds. The lowest BCUT2D eigenvalue weighted by molar-refractivity contribution is 0.228. The number of aryl methyl sites for hydroxylation is 1. The first-order chi connectivity index (χ1) is 13.7. The van der Waals surface area contributed by atoms with Crippen LogP contribution in [0.25, 0.3) is 11.1 Å². The minimum Gasteiger partial charge on any atom is -0.380 e. The predicted molar refractivity (Wildman–Crippen MR) is 110 cm³/mol. The lowest BCUT2D eigenvalue weighted by Crippen LogP contribution is -2.18. The Morgan fingerprint density at radius 3 is 2.82 bits per heavy atom. The molecule has 1 aromatic carbocycles. The fourth-order valence-electron chi connectivity index (χ4n) is 3.58. The van der Waals surface area contributed by atoms with Crippen LogP contribution >= 0.6 is 0 Å². The van der Waals surface area contributed by atoms with Crippen molar-refractivity contribution in [3.05, 3.63) is 70.9 Å². The molecule has 0 saturated heterocycles. The molecule has 0 saturated carbocycles. The topological polar surface area (TPSA) is 86.5 Å². The van der Waals surface area contributed by atoms with Gasteiger partial charge in [-0.25, -0.2) is 0 Å². The summed E-state index contributed by atoms with van der Waals surface area (Å²) in [5, 5.41) is 4.13. The minimum absolute atomic E-state index is 0.0301. The molecule has 144 valence electrons. The summed E-state index contributed by atoms with van der Waals surface area (Å²) in [7, 11) is 1.71. The summed E-state index contributed by atoms with van der Waals surface area (Å²) in [4.78, 5) is 8.82. The Labute approximate surface area is 164 Å². The highest BCUT2D eigenvalue weighted by Gasteiger charge is 2.24. The maximum atomic E-state index is 5.78. The molecule has 2 atom stereocenters. The maximum Gasteiger partial charge on any atom is 0.234 e. The quantitative estimate of drug-likeness (QED) is 0.860. The van der Waals surface area contributed by atoms with Gasteiger partial charge in [0.05, 0.1) is 12.5 Å². The van der Waals surface area contributed by atoms with E-state index in [0.717, 1.165) is 17.6 Å². The third-order valence-electron chi connectivity index (χ3n) is 5.06. The molecule has 6 nitrogen and oxygen atoms in total.